The maximum atomic E-state index is 11.4. The van der Waals surface area contributed by atoms with Gasteiger partial charge in [-0.3, -0.25) is 4.79 Å². The highest BCUT2D eigenvalue weighted by Gasteiger charge is 2.09. The second kappa shape index (κ2) is 5.78. The van der Waals surface area contributed by atoms with E-state index in [4.69, 9.17) is 4.74 Å². The van der Waals surface area contributed by atoms with Crippen LogP contribution in [0.25, 0.3) is 0 Å². The number of Topliss-reactive ketones (excluding diaryl/α,β-unsaturated/α-hetero) is 1. The van der Waals surface area contributed by atoms with Gasteiger partial charge in [-0.15, -0.1) is 0 Å². The molecule has 0 fully saturated rings. The molecule has 0 unspecified atom stereocenters. The first-order chi connectivity index (χ1) is 8.66. The van der Waals surface area contributed by atoms with E-state index in [9.17, 15) is 4.79 Å². The number of pyridine rings is 1. The monoisotopic (exact) mass is 305 g/mol. The predicted molar refractivity (Wildman–Crippen MR) is 72.7 cm³/mol. The molecule has 2 aromatic rings. The molecule has 1 aromatic heterocycles. The molecule has 0 aliphatic carbocycles. The van der Waals surface area contributed by atoms with Crippen molar-refractivity contribution in [3.63, 3.8) is 0 Å². The molecule has 0 atom stereocenters. The molecule has 4 heteroatoms. The minimum absolute atomic E-state index is 0.0488. The van der Waals surface area contributed by atoms with Crippen molar-refractivity contribution < 1.29 is 9.53 Å². The molecule has 3 nitrogen and oxygen atoms in total. The molecule has 0 aliphatic rings. The molecule has 0 N–H and O–H groups in total. The molecule has 0 aliphatic heterocycles. The number of ether oxygens (including phenoxy) is 1. The third-order valence-corrected chi connectivity index (χ3v) is 2.91. The Labute approximate surface area is 114 Å². The zero-order valence-electron chi connectivity index (χ0n) is 9.89. The maximum absolute atomic E-state index is 11.4. The number of rotatable bonds is 4. The summed E-state index contributed by atoms with van der Waals surface area (Å²) in [5.74, 6) is 0.331. The highest BCUT2D eigenvalue weighted by Crippen LogP contribution is 2.18. The Balaban J connectivity index is 2.13. The van der Waals surface area contributed by atoms with Crippen molar-refractivity contribution in [2.45, 2.75) is 13.5 Å². The first kappa shape index (κ1) is 12.8. The van der Waals surface area contributed by atoms with Crippen LogP contribution in [0.1, 0.15) is 22.8 Å². The van der Waals surface area contributed by atoms with E-state index in [-0.39, 0.29) is 5.78 Å². The number of carbonyl (C=O) groups excluding carboxylic acids is 1. The van der Waals surface area contributed by atoms with Crippen molar-refractivity contribution in [3.05, 3.63) is 58.2 Å². The number of aromatic nitrogens is 1. The van der Waals surface area contributed by atoms with Crippen LogP contribution in [0.3, 0.4) is 0 Å². The molecular weight excluding hydrogens is 294 g/mol. The van der Waals surface area contributed by atoms with Crippen LogP contribution < -0.4 is 4.74 Å². The first-order valence-corrected chi connectivity index (χ1v) is 6.29. The van der Waals surface area contributed by atoms with Gasteiger partial charge in [0.15, 0.2) is 5.78 Å². The second-order valence-electron chi connectivity index (χ2n) is 3.83. The Hall–Kier alpha value is -1.68. The van der Waals surface area contributed by atoms with Gasteiger partial charge in [0.2, 0.25) is 5.88 Å². The smallest absolute Gasteiger partial charge is 0.224 e. The summed E-state index contributed by atoms with van der Waals surface area (Å²) in [6.45, 7) is 1.89. The topological polar surface area (TPSA) is 39.2 Å². The molecule has 0 saturated carbocycles. The normalized spacial score (nSPS) is 10.1. The van der Waals surface area contributed by atoms with E-state index in [0.717, 1.165) is 10.0 Å². The lowest BCUT2D eigenvalue weighted by Gasteiger charge is -2.08. The van der Waals surface area contributed by atoms with Crippen molar-refractivity contribution in [2.24, 2.45) is 0 Å². The molecular formula is C14H12BrNO2. The number of ketones is 1. The Bertz CT molecular complexity index is 569. The van der Waals surface area contributed by atoms with Crippen molar-refractivity contribution in [3.8, 4) is 5.88 Å². The Morgan fingerprint density at radius 3 is 2.89 bits per heavy atom. The summed E-state index contributed by atoms with van der Waals surface area (Å²) in [5.41, 5.74) is 1.53. The number of benzene rings is 1. The molecule has 0 bridgehead atoms. The van der Waals surface area contributed by atoms with Gasteiger partial charge in [0, 0.05) is 10.7 Å². The number of hydrogen-bond donors (Lipinski definition) is 0. The first-order valence-electron chi connectivity index (χ1n) is 5.50. The molecule has 1 aromatic carbocycles. The third-order valence-electron chi connectivity index (χ3n) is 2.42. The van der Waals surface area contributed by atoms with Crippen LogP contribution in [-0.4, -0.2) is 10.8 Å². The lowest BCUT2D eigenvalue weighted by Crippen LogP contribution is -2.03. The van der Waals surface area contributed by atoms with Gasteiger partial charge in [0.25, 0.3) is 0 Å². The van der Waals surface area contributed by atoms with Gasteiger partial charge in [-0.1, -0.05) is 28.1 Å². The van der Waals surface area contributed by atoms with E-state index in [1.807, 2.05) is 24.3 Å². The van der Waals surface area contributed by atoms with Gasteiger partial charge in [-0.05, 0) is 36.8 Å². The van der Waals surface area contributed by atoms with Gasteiger partial charge >= 0.3 is 0 Å². The van der Waals surface area contributed by atoms with Crippen LogP contribution in [0.4, 0.5) is 0 Å². The lowest BCUT2D eigenvalue weighted by atomic mass is 10.2. The van der Waals surface area contributed by atoms with Crippen LogP contribution in [0.2, 0.25) is 0 Å². The van der Waals surface area contributed by atoms with Gasteiger partial charge in [-0.2, -0.15) is 0 Å². The average molecular weight is 306 g/mol. The molecule has 2 rings (SSSR count). The number of nitrogens with zero attached hydrogens (tertiary/aromatic N) is 1. The van der Waals surface area contributed by atoms with Gasteiger partial charge < -0.3 is 4.74 Å². The Morgan fingerprint density at radius 1 is 1.33 bits per heavy atom. The maximum Gasteiger partial charge on any atom is 0.224 e. The van der Waals surface area contributed by atoms with E-state index in [1.165, 1.54) is 6.92 Å². The number of hydrogen-bond acceptors (Lipinski definition) is 3. The quantitative estimate of drug-likeness (QED) is 0.810. The lowest BCUT2D eigenvalue weighted by molar-refractivity contribution is 0.101. The summed E-state index contributed by atoms with van der Waals surface area (Å²) in [5, 5.41) is 0. The average Bonchev–Trinajstić information content (AvgIpc) is 2.37. The summed E-state index contributed by atoms with van der Waals surface area (Å²) in [7, 11) is 0. The minimum atomic E-state index is -0.0488. The van der Waals surface area contributed by atoms with Crippen molar-refractivity contribution in [2.75, 3.05) is 0 Å². The van der Waals surface area contributed by atoms with Crippen LogP contribution in [-0.2, 0) is 6.61 Å². The Kier molecular flexibility index (Phi) is 4.10. The molecule has 0 radical (unpaired) electrons. The second-order valence-corrected chi connectivity index (χ2v) is 4.75. The van der Waals surface area contributed by atoms with E-state index >= 15 is 0 Å². The van der Waals surface area contributed by atoms with Crippen LogP contribution in [0.5, 0.6) is 5.88 Å². The summed E-state index contributed by atoms with van der Waals surface area (Å²) < 4.78 is 6.58. The van der Waals surface area contributed by atoms with Gasteiger partial charge in [-0.25, -0.2) is 4.98 Å². The summed E-state index contributed by atoms with van der Waals surface area (Å²) in [6.07, 6.45) is 1.61. The fourth-order valence-corrected chi connectivity index (χ4v) is 2.00. The van der Waals surface area contributed by atoms with Crippen molar-refractivity contribution in [1.82, 2.24) is 4.98 Å². The van der Waals surface area contributed by atoms with Crippen LogP contribution in [0.15, 0.2) is 47.1 Å². The molecule has 18 heavy (non-hydrogen) atoms. The van der Waals surface area contributed by atoms with Crippen LogP contribution >= 0.6 is 15.9 Å². The summed E-state index contributed by atoms with van der Waals surface area (Å²) >= 11 is 3.40. The summed E-state index contributed by atoms with van der Waals surface area (Å²) in [4.78, 5) is 15.5. The zero-order valence-corrected chi connectivity index (χ0v) is 11.5. The van der Waals surface area contributed by atoms with E-state index in [1.54, 1.807) is 18.3 Å². The highest BCUT2D eigenvalue weighted by atomic mass is 79.9. The van der Waals surface area contributed by atoms with Gasteiger partial charge in [0.05, 0.1) is 5.56 Å². The summed E-state index contributed by atoms with van der Waals surface area (Å²) in [6, 6.07) is 11.3. The fourth-order valence-electron chi connectivity index (χ4n) is 1.55. The van der Waals surface area contributed by atoms with Crippen LogP contribution in [0, 0.1) is 0 Å². The molecule has 0 saturated heterocycles. The minimum Gasteiger partial charge on any atom is -0.472 e. The van der Waals surface area contributed by atoms with E-state index in [0.29, 0.717) is 18.1 Å². The fraction of sp³-hybridized carbons (Fsp3) is 0.143. The largest absolute Gasteiger partial charge is 0.472 e. The molecule has 0 spiro atoms. The SMILES string of the molecule is CC(=O)c1cccnc1OCc1cccc(Br)c1. The van der Waals surface area contributed by atoms with E-state index in [2.05, 4.69) is 20.9 Å². The predicted octanol–water partition coefficient (Wildman–Crippen LogP) is 3.63. The van der Waals surface area contributed by atoms with E-state index < -0.39 is 0 Å². The zero-order chi connectivity index (χ0) is 13.0. The van der Waals surface area contributed by atoms with Crippen molar-refractivity contribution in [1.29, 1.82) is 0 Å². The standard InChI is InChI=1S/C14H12BrNO2/c1-10(17)13-6-3-7-16-14(13)18-9-11-4-2-5-12(15)8-11/h2-8H,9H2,1H3. The molecule has 92 valence electrons. The number of carbonyl (C=O) groups is 1. The number of halogens is 1. The highest BCUT2D eigenvalue weighted by molar-refractivity contribution is 9.10. The molecule has 1 heterocycles. The van der Waals surface area contributed by atoms with Gasteiger partial charge in [0.1, 0.15) is 6.61 Å². The van der Waals surface area contributed by atoms with Crippen molar-refractivity contribution >= 4 is 21.7 Å². The Morgan fingerprint density at radius 2 is 2.17 bits per heavy atom. The third kappa shape index (κ3) is 3.17. The molecule has 0 amide bonds.